The number of Topliss-reactive ketones (excluding diaryl/α,β-unsaturated/α-hetero) is 1. The predicted molar refractivity (Wildman–Crippen MR) is 156 cm³/mol. The summed E-state index contributed by atoms with van der Waals surface area (Å²) in [5.41, 5.74) is 0.694. The van der Waals surface area contributed by atoms with E-state index in [0.717, 1.165) is 27.6 Å². The molecule has 3 atom stereocenters. The van der Waals surface area contributed by atoms with Crippen molar-refractivity contribution in [2.45, 2.75) is 38.2 Å². The lowest BCUT2D eigenvalue weighted by molar-refractivity contribution is -0.151. The second-order valence-electron chi connectivity index (χ2n) is 10.3. The Kier molecular flexibility index (Phi) is 8.00. The molecule has 5 rings (SSSR count). The van der Waals surface area contributed by atoms with Gasteiger partial charge in [0.25, 0.3) is 0 Å². The Morgan fingerprint density at radius 2 is 1.40 bits per heavy atom. The summed E-state index contributed by atoms with van der Waals surface area (Å²) in [5.74, 6) is -0.290. The molecular formula is C34H32O8. The molecule has 0 radical (unpaired) electrons. The number of ketones is 1. The second-order valence-corrected chi connectivity index (χ2v) is 10.3. The first kappa shape index (κ1) is 28.8. The number of esters is 2. The van der Waals surface area contributed by atoms with E-state index in [2.05, 4.69) is 0 Å². The second kappa shape index (κ2) is 11.7. The van der Waals surface area contributed by atoms with Gasteiger partial charge in [-0.05, 0) is 58.3 Å². The third-order valence-corrected chi connectivity index (χ3v) is 7.71. The van der Waals surface area contributed by atoms with Crippen LogP contribution in [0, 0.1) is 0 Å². The van der Waals surface area contributed by atoms with E-state index in [1.165, 1.54) is 21.0 Å². The number of benzene rings is 4. The molecule has 1 aliphatic heterocycles. The Morgan fingerprint density at radius 3 is 2.07 bits per heavy atom. The molecule has 8 heteroatoms. The van der Waals surface area contributed by atoms with Crippen molar-refractivity contribution < 1.29 is 38.1 Å². The smallest absolute Gasteiger partial charge is 0.308 e. The van der Waals surface area contributed by atoms with Gasteiger partial charge in [-0.1, -0.05) is 43.3 Å². The van der Waals surface area contributed by atoms with Gasteiger partial charge in [0.1, 0.15) is 23.0 Å². The third kappa shape index (κ3) is 5.33. The number of fused-ring (bicyclic) bond motifs is 2. The number of carbonyl (C=O) groups excluding carboxylic acids is 3. The monoisotopic (exact) mass is 568 g/mol. The maximum atomic E-state index is 14.8. The van der Waals surface area contributed by atoms with Gasteiger partial charge in [0.2, 0.25) is 0 Å². The fraction of sp³-hybridized carbons (Fsp3) is 0.265. The van der Waals surface area contributed by atoms with E-state index in [4.69, 9.17) is 23.7 Å². The SMILES string of the molecule is COc1ccc2cc(C(C)C(=O)C3(OC)c4ccc(OC(C)=O)cc4OCC3c3ccc(OC(C)=O)cc3)ccc2c1. The van der Waals surface area contributed by atoms with E-state index >= 15 is 0 Å². The van der Waals surface area contributed by atoms with Crippen molar-refractivity contribution >= 4 is 28.5 Å². The number of methoxy groups -OCH3 is 2. The van der Waals surface area contributed by atoms with E-state index in [-0.39, 0.29) is 12.4 Å². The van der Waals surface area contributed by atoms with Crippen LogP contribution in [0.1, 0.15) is 49.3 Å². The molecule has 0 saturated heterocycles. The van der Waals surface area contributed by atoms with Crippen LogP contribution in [0.5, 0.6) is 23.0 Å². The highest BCUT2D eigenvalue weighted by atomic mass is 16.5. The number of rotatable bonds is 8. The molecule has 216 valence electrons. The summed E-state index contributed by atoms with van der Waals surface area (Å²) in [7, 11) is 3.15. The van der Waals surface area contributed by atoms with Crippen molar-refractivity contribution in [2.75, 3.05) is 20.8 Å². The average Bonchev–Trinajstić information content (AvgIpc) is 2.99. The Bertz CT molecular complexity index is 1660. The van der Waals surface area contributed by atoms with Gasteiger partial charge in [-0.3, -0.25) is 14.4 Å². The van der Waals surface area contributed by atoms with E-state index in [1.54, 1.807) is 49.6 Å². The Hall–Kier alpha value is -4.69. The molecular weight excluding hydrogens is 536 g/mol. The number of hydrogen-bond acceptors (Lipinski definition) is 8. The van der Waals surface area contributed by atoms with Crippen LogP contribution in [0.4, 0.5) is 0 Å². The topological polar surface area (TPSA) is 97.4 Å². The van der Waals surface area contributed by atoms with Crippen LogP contribution < -0.4 is 18.9 Å². The van der Waals surface area contributed by atoms with Crippen LogP contribution in [-0.4, -0.2) is 38.5 Å². The molecule has 0 amide bonds. The molecule has 0 bridgehead atoms. The molecule has 42 heavy (non-hydrogen) atoms. The highest BCUT2D eigenvalue weighted by Crippen LogP contribution is 2.51. The lowest BCUT2D eigenvalue weighted by Gasteiger charge is -2.44. The fourth-order valence-corrected chi connectivity index (χ4v) is 5.67. The van der Waals surface area contributed by atoms with Crippen molar-refractivity contribution in [2.24, 2.45) is 0 Å². The Balaban J connectivity index is 1.61. The molecule has 0 N–H and O–H groups in total. The Labute approximate surface area is 244 Å². The van der Waals surface area contributed by atoms with Crippen LogP contribution in [0.3, 0.4) is 0 Å². The number of hydrogen-bond donors (Lipinski definition) is 0. The first-order valence-electron chi connectivity index (χ1n) is 13.6. The van der Waals surface area contributed by atoms with Gasteiger partial charge in [-0.2, -0.15) is 0 Å². The molecule has 0 saturated carbocycles. The summed E-state index contributed by atoms with van der Waals surface area (Å²) < 4.78 is 28.3. The molecule has 0 aromatic heterocycles. The molecule has 1 heterocycles. The summed E-state index contributed by atoms with van der Waals surface area (Å²) in [6, 6.07) is 23.7. The van der Waals surface area contributed by atoms with Gasteiger partial charge in [0.05, 0.1) is 19.6 Å². The molecule has 4 aromatic rings. The van der Waals surface area contributed by atoms with Gasteiger partial charge < -0.3 is 23.7 Å². The van der Waals surface area contributed by atoms with Gasteiger partial charge in [-0.25, -0.2) is 0 Å². The van der Waals surface area contributed by atoms with Crippen LogP contribution in [-0.2, 0) is 24.7 Å². The Morgan fingerprint density at radius 1 is 0.786 bits per heavy atom. The van der Waals surface area contributed by atoms with E-state index in [9.17, 15) is 14.4 Å². The number of carbonyl (C=O) groups is 3. The van der Waals surface area contributed by atoms with Crippen LogP contribution in [0.15, 0.2) is 78.9 Å². The van der Waals surface area contributed by atoms with Gasteiger partial charge >= 0.3 is 11.9 Å². The first-order valence-corrected chi connectivity index (χ1v) is 13.6. The highest BCUT2D eigenvalue weighted by molar-refractivity contribution is 5.97. The van der Waals surface area contributed by atoms with E-state index in [0.29, 0.717) is 22.8 Å². The average molecular weight is 569 g/mol. The zero-order valence-electron chi connectivity index (χ0n) is 24.1. The predicted octanol–water partition coefficient (Wildman–Crippen LogP) is 6.09. The highest BCUT2D eigenvalue weighted by Gasteiger charge is 2.54. The maximum Gasteiger partial charge on any atom is 0.308 e. The lowest BCUT2D eigenvalue weighted by Crippen LogP contribution is -2.50. The van der Waals surface area contributed by atoms with Gasteiger partial charge in [0.15, 0.2) is 11.4 Å². The maximum absolute atomic E-state index is 14.8. The molecule has 1 aliphatic rings. The van der Waals surface area contributed by atoms with Crippen LogP contribution >= 0.6 is 0 Å². The quantitative estimate of drug-likeness (QED) is 0.186. The van der Waals surface area contributed by atoms with Gasteiger partial charge in [-0.15, -0.1) is 0 Å². The molecule has 0 fully saturated rings. The van der Waals surface area contributed by atoms with Crippen molar-refractivity contribution in [1.82, 2.24) is 0 Å². The molecule has 8 nitrogen and oxygen atoms in total. The summed E-state index contributed by atoms with van der Waals surface area (Å²) in [5, 5.41) is 1.98. The molecule has 0 aliphatic carbocycles. The zero-order chi connectivity index (χ0) is 30.0. The largest absolute Gasteiger partial charge is 0.497 e. The van der Waals surface area contributed by atoms with E-state index in [1.807, 2.05) is 43.3 Å². The van der Waals surface area contributed by atoms with Gasteiger partial charge in [0, 0.05) is 38.5 Å². The van der Waals surface area contributed by atoms with Crippen molar-refractivity contribution in [3.63, 3.8) is 0 Å². The first-order chi connectivity index (χ1) is 20.2. The number of ether oxygens (including phenoxy) is 5. The fourth-order valence-electron chi connectivity index (χ4n) is 5.67. The van der Waals surface area contributed by atoms with Crippen molar-refractivity contribution in [3.05, 3.63) is 95.6 Å². The normalized spacial score (nSPS) is 18.4. The van der Waals surface area contributed by atoms with Crippen molar-refractivity contribution in [1.29, 1.82) is 0 Å². The van der Waals surface area contributed by atoms with Crippen LogP contribution in [0.25, 0.3) is 10.8 Å². The minimum Gasteiger partial charge on any atom is -0.497 e. The summed E-state index contributed by atoms with van der Waals surface area (Å²) >= 11 is 0. The summed E-state index contributed by atoms with van der Waals surface area (Å²) in [4.78, 5) is 37.8. The summed E-state index contributed by atoms with van der Waals surface area (Å²) in [6.07, 6.45) is 0. The third-order valence-electron chi connectivity index (χ3n) is 7.71. The zero-order valence-corrected chi connectivity index (χ0v) is 24.1. The lowest BCUT2D eigenvalue weighted by atomic mass is 9.69. The minimum atomic E-state index is -1.44. The van der Waals surface area contributed by atoms with Crippen LogP contribution in [0.2, 0.25) is 0 Å². The van der Waals surface area contributed by atoms with E-state index < -0.39 is 29.4 Å². The molecule has 0 spiro atoms. The standard InChI is InChI=1S/C34H32O8/c1-20(24-6-7-26-17-28(38-4)13-10-25(26)16-24)33(37)34(39-5)30-15-14-29(42-22(3)36)18-32(30)40-19-31(34)23-8-11-27(12-9-23)41-21(2)35/h6-18,20,31H,19H2,1-5H3. The summed E-state index contributed by atoms with van der Waals surface area (Å²) in [6.45, 7) is 4.65. The van der Waals surface area contributed by atoms with Crippen molar-refractivity contribution in [3.8, 4) is 23.0 Å². The molecule has 3 unspecified atom stereocenters. The minimum absolute atomic E-state index is 0.118. The molecule has 4 aromatic carbocycles.